The van der Waals surface area contributed by atoms with Gasteiger partial charge in [-0.05, 0) is 99.1 Å². The average Bonchev–Trinajstić information content (AvgIpc) is 3.73. The fourth-order valence-corrected chi connectivity index (χ4v) is 8.19. The third-order valence-electron chi connectivity index (χ3n) is 10.6. The van der Waals surface area contributed by atoms with Crippen molar-refractivity contribution in [3.63, 3.8) is 0 Å². The fraction of sp³-hybridized carbons (Fsp3) is 0.372. The van der Waals surface area contributed by atoms with Gasteiger partial charge in [-0.15, -0.1) is 0 Å². The summed E-state index contributed by atoms with van der Waals surface area (Å²) in [6, 6.07) is 20.0. The third kappa shape index (κ3) is 9.19. The number of rotatable bonds is 13. The number of ether oxygens (including phenoxy) is 3. The summed E-state index contributed by atoms with van der Waals surface area (Å²) in [5, 5.41) is 17.7. The van der Waals surface area contributed by atoms with Crippen LogP contribution in [0.2, 0.25) is 10.0 Å². The smallest absolute Gasteiger partial charge is 0.142 e. The van der Waals surface area contributed by atoms with Gasteiger partial charge in [0.05, 0.1) is 28.4 Å². The highest BCUT2D eigenvalue weighted by atomic mass is 35.5. The standard InChI is InChI=1S/C43H46Cl2N6O3/c1-29-34(8-3-10-37(29)38-11-4-12-40(43(38)45)52-26-30-7-5-13-50(2)23-30)28-54-42-17-41(53-27-32-15-31(18-46)19-47-20-32)35(16-39(42)44)25-51-14-6-9-33(24-51)36-21-48-49-22-36/h3-4,8,10-12,15-17,19-22,30,33H,5-7,9,13-14,23-28H2,1-2H3,(H,48,49). The van der Waals surface area contributed by atoms with Crippen LogP contribution in [0.5, 0.6) is 17.2 Å². The van der Waals surface area contributed by atoms with Crippen molar-refractivity contribution in [2.24, 2.45) is 5.92 Å². The Morgan fingerprint density at radius 3 is 2.54 bits per heavy atom. The maximum atomic E-state index is 9.40. The normalized spacial score (nSPS) is 17.9. The number of nitrogens with one attached hydrogen (secondary N) is 1. The van der Waals surface area contributed by atoms with E-state index in [0.717, 1.165) is 72.4 Å². The second kappa shape index (κ2) is 17.7. The van der Waals surface area contributed by atoms with Gasteiger partial charge in [0.2, 0.25) is 0 Å². The predicted octanol–water partition coefficient (Wildman–Crippen LogP) is 9.22. The molecule has 11 heteroatoms. The van der Waals surface area contributed by atoms with Crippen molar-refractivity contribution in [1.29, 1.82) is 5.26 Å². The number of piperidine rings is 2. The molecule has 0 amide bonds. The number of aromatic amines is 1. The Morgan fingerprint density at radius 1 is 0.870 bits per heavy atom. The summed E-state index contributed by atoms with van der Waals surface area (Å²) < 4.78 is 19.2. The van der Waals surface area contributed by atoms with Crippen molar-refractivity contribution in [2.45, 2.75) is 58.3 Å². The van der Waals surface area contributed by atoms with Crippen LogP contribution in [0.4, 0.5) is 0 Å². The number of aromatic nitrogens is 3. The summed E-state index contributed by atoms with van der Waals surface area (Å²) in [4.78, 5) is 9.01. The van der Waals surface area contributed by atoms with E-state index in [1.165, 1.54) is 18.4 Å². The number of benzene rings is 3. The molecule has 7 rings (SSSR count). The Labute approximate surface area is 327 Å². The average molecular weight is 766 g/mol. The summed E-state index contributed by atoms with van der Waals surface area (Å²) in [6.07, 6.45) is 11.7. The van der Waals surface area contributed by atoms with Crippen molar-refractivity contribution in [2.75, 3.05) is 39.8 Å². The zero-order chi connectivity index (χ0) is 37.4. The molecule has 0 spiro atoms. The van der Waals surface area contributed by atoms with Gasteiger partial charge in [-0.3, -0.25) is 15.0 Å². The molecule has 54 heavy (non-hydrogen) atoms. The van der Waals surface area contributed by atoms with E-state index in [-0.39, 0.29) is 6.61 Å². The summed E-state index contributed by atoms with van der Waals surface area (Å²) in [7, 11) is 2.17. The summed E-state index contributed by atoms with van der Waals surface area (Å²) in [5.74, 6) is 2.82. The molecule has 1 N–H and O–H groups in total. The number of nitriles is 1. The van der Waals surface area contributed by atoms with Crippen LogP contribution in [-0.2, 0) is 19.8 Å². The number of likely N-dealkylation sites (tertiary alicyclic amines) is 2. The van der Waals surface area contributed by atoms with E-state index in [1.807, 2.05) is 48.8 Å². The SMILES string of the molecule is Cc1c(COc2cc(OCc3cncc(C#N)c3)c(CN3CCCC(c4cn[nH]c4)C3)cc2Cl)cccc1-c1cccc(OCC2CCCN(C)C2)c1Cl. The molecule has 2 aliphatic heterocycles. The molecule has 0 radical (unpaired) electrons. The van der Waals surface area contributed by atoms with Gasteiger partial charge in [-0.1, -0.05) is 53.5 Å². The van der Waals surface area contributed by atoms with E-state index < -0.39 is 0 Å². The van der Waals surface area contributed by atoms with Gasteiger partial charge in [0.1, 0.15) is 36.5 Å². The van der Waals surface area contributed by atoms with E-state index >= 15 is 0 Å². The molecule has 0 saturated carbocycles. The maximum Gasteiger partial charge on any atom is 0.142 e. The first-order valence-electron chi connectivity index (χ1n) is 18.7. The molecule has 2 unspecified atom stereocenters. The van der Waals surface area contributed by atoms with Crippen LogP contribution in [0.3, 0.4) is 0 Å². The van der Waals surface area contributed by atoms with Gasteiger partial charge < -0.3 is 19.1 Å². The summed E-state index contributed by atoms with van der Waals surface area (Å²) >= 11 is 14.0. The molecule has 2 aliphatic rings. The van der Waals surface area contributed by atoms with Crippen molar-refractivity contribution in [3.8, 4) is 34.4 Å². The monoisotopic (exact) mass is 764 g/mol. The fourth-order valence-electron chi connectivity index (χ4n) is 7.66. The lowest BCUT2D eigenvalue weighted by Crippen LogP contribution is -2.34. The highest BCUT2D eigenvalue weighted by Crippen LogP contribution is 2.39. The van der Waals surface area contributed by atoms with Gasteiger partial charge in [-0.25, -0.2) is 0 Å². The van der Waals surface area contributed by atoms with E-state index in [9.17, 15) is 5.26 Å². The van der Waals surface area contributed by atoms with E-state index in [1.54, 1.807) is 18.5 Å². The third-order valence-corrected chi connectivity index (χ3v) is 11.3. The van der Waals surface area contributed by atoms with Crippen LogP contribution in [0, 0.1) is 24.2 Å². The zero-order valence-corrected chi connectivity index (χ0v) is 32.4. The van der Waals surface area contributed by atoms with Crippen molar-refractivity contribution < 1.29 is 14.2 Å². The topological polar surface area (TPSA) is 99.5 Å². The van der Waals surface area contributed by atoms with E-state index in [4.69, 9.17) is 37.4 Å². The quantitative estimate of drug-likeness (QED) is 0.127. The lowest BCUT2D eigenvalue weighted by molar-refractivity contribution is 0.150. The minimum absolute atomic E-state index is 0.247. The van der Waals surface area contributed by atoms with Crippen LogP contribution in [-0.4, -0.2) is 64.8 Å². The molecule has 0 bridgehead atoms. The number of nitrogens with zero attached hydrogens (tertiary/aromatic N) is 5. The Hall–Kier alpha value is -4.59. The van der Waals surface area contributed by atoms with Gasteiger partial charge in [-0.2, -0.15) is 10.4 Å². The van der Waals surface area contributed by atoms with E-state index in [0.29, 0.717) is 64.5 Å². The molecule has 9 nitrogen and oxygen atoms in total. The molecular formula is C43H46Cl2N6O3. The lowest BCUT2D eigenvalue weighted by atomic mass is 9.92. The highest BCUT2D eigenvalue weighted by molar-refractivity contribution is 6.35. The molecule has 2 fully saturated rings. The number of hydrogen-bond acceptors (Lipinski definition) is 8. The number of halogens is 2. The molecule has 0 aliphatic carbocycles. The molecule has 2 aromatic heterocycles. The van der Waals surface area contributed by atoms with E-state index in [2.05, 4.69) is 57.2 Å². The Bertz CT molecular complexity index is 2080. The largest absolute Gasteiger partial charge is 0.492 e. The second-order valence-electron chi connectivity index (χ2n) is 14.6. The molecule has 4 heterocycles. The minimum atomic E-state index is 0.247. The predicted molar refractivity (Wildman–Crippen MR) is 212 cm³/mol. The van der Waals surface area contributed by atoms with Crippen molar-refractivity contribution >= 4 is 23.2 Å². The molecule has 3 aromatic carbocycles. The Balaban J connectivity index is 1.09. The van der Waals surface area contributed by atoms with Crippen LogP contribution < -0.4 is 14.2 Å². The van der Waals surface area contributed by atoms with Crippen molar-refractivity contribution in [1.82, 2.24) is 25.0 Å². The summed E-state index contributed by atoms with van der Waals surface area (Å²) in [5.41, 5.74) is 7.52. The number of H-pyrrole nitrogens is 1. The Morgan fingerprint density at radius 2 is 1.70 bits per heavy atom. The molecular weight excluding hydrogens is 719 g/mol. The first kappa shape index (κ1) is 37.7. The van der Waals surface area contributed by atoms with Crippen molar-refractivity contribution in [3.05, 3.63) is 123 Å². The first-order valence-corrected chi connectivity index (χ1v) is 19.4. The van der Waals surface area contributed by atoms with Crippen LogP contribution in [0.1, 0.15) is 65.0 Å². The number of pyridine rings is 1. The lowest BCUT2D eigenvalue weighted by Gasteiger charge is -2.32. The van der Waals surface area contributed by atoms with Gasteiger partial charge >= 0.3 is 0 Å². The molecule has 2 saturated heterocycles. The van der Waals surface area contributed by atoms with Crippen LogP contribution >= 0.6 is 23.2 Å². The van der Waals surface area contributed by atoms with Crippen LogP contribution in [0.15, 0.2) is 79.4 Å². The zero-order valence-electron chi connectivity index (χ0n) is 30.9. The molecule has 5 aromatic rings. The second-order valence-corrected chi connectivity index (χ2v) is 15.3. The van der Waals surface area contributed by atoms with Crippen LogP contribution in [0.25, 0.3) is 11.1 Å². The Kier molecular flexibility index (Phi) is 12.4. The summed E-state index contributed by atoms with van der Waals surface area (Å²) in [6.45, 7) is 8.03. The number of hydrogen-bond donors (Lipinski definition) is 1. The maximum absolute atomic E-state index is 9.40. The van der Waals surface area contributed by atoms with Gasteiger partial charge in [0, 0.05) is 66.9 Å². The van der Waals surface area contributed by atoms with Gasteiger partial charge in [0.25, 0.3) is 0 Å². The molecule has 280 valence electrons. The molecule has 2 atom stereocenters. The first-order chi connectivity index (χ1) is 26.3. The van der Waals surface area contributed by atoms with Gasteiger partial charge in [0.15, 0.2) is 0 Å². The highest BCUT2D eigenvalue weighted by Gasteiger charge is 2.24. The minimum Gasteiger partial charge on any atom is -0.492 e.